The van der Waals surface area contributed by atoms with E-state index in [1.54, 1.807) is 28.8 Å². The number of sulfonamides is 1. The van der Waals surface area contributed by atoms with E-state index in [0.29, 0.717) is 11.4 Å². The molecule has 1 fully saturated rings. The fraction of sp³-hybridized carbons (Fsp3) is 0.389. The van der Waals surface area contributed by atoms with Crippen LogP contribution in [0, 0.1) is 13.8 Å². The quantitative estimate of drug-likeness (QED) is 0.864. The highest BCUT2D eigenvalue weighted by Crippen LogP contribution is 2.35. The Hall–Kier alpha value is -1.72. The average Bonchev–Trinajstić information content (AvgIpc) is 2.55. The Morgan fingerprint density at radius 1 is 1.04 bits per heavy atom. The monoisotopic (exact) mass is 330 g/mol. The Kier molecular flexibility index (Phi) is 4.50. The van der Waals surface area contributed by atoms with Crippen LogP contribution in [0.4, 0.5) is 0 Å². The van der Waals surface area contributed by atoms with Crippen molar-refractivity contribution < 1.29 is 8.42 Å². The van der Waals surface area contributed by atoms with Gasteiger partial charge in [0.05, 0.1) is 10.9 Å². The first kappa shape index (κ1) is 16.1. The predicted octanol–water partition coefficient (Wildman–Crippen LogP) is 3.61. The number of rotatable bonds is 3. The van der Waals surface area contributed by atoms with E-state index < -0.39 is 10.0 Å². The van der Waals surface area contributed by atoms with Crippen LogP contribution in [0.3, 0.4) is 0 Å². The summed E-state index contributed by atoms with van der Waals surface area (Å²) in [6.07, 6.45) is 6.38. The van der Waals surface area contributed by atoms with Gasteiger partial charge >= 0.3 is 0 Å². The SMILES string of the molecule is Cc1ccc(S(=O)(=O)N2CCCCC2c2cncc(C)c2)cc1. The van der Waals surface area contributed by atoms with E-state index in [0.717, 1.165) is 36.0 Å². The molecule has 1 aliphatic rings. The summed E-state index contributed by atoms with van der Waals surface area (Å²) in [5.74, 6) is 0. The summed E-state index contributed by atoms with van der Waals surface area (Å²) in [7, 11) is -3.48. The van der Waals surface area contributed by atoms with E-state index in [2.05, 4.69) is 4.98 Å². The zero-order chi connectivity index (χ0) is 16.4. The van der Waals surface area contributed by atoms with E-state index in [1.165, 1.54) is 0 Å². The molecule has 0 saturated carbocycles. The summed E-state index contributed by atoms with van der Waals surface area (Å²) in [5, 5.41) is 0. The molecule has 0 spiro atoms. The highest BCUT2D eigenvalue weighted by atomic mass is 32.2. The molecular formula is C18H22N2O2S. The first-order valence-electron chi connectivity index (χ1n) is 7.98. The van der Waals surface area contributed by atoms with Crippen LogP contribution in [0.15, 0.2) is 47.6 Å². The van der Waals surface area contributed by atoms with Gasteiger partial charge in [0.25, 0.3) is 0 Å². The lowest BCUT2D eigenvalue weighted by molar-refractivity contribution is 0.255. The fourth-order valence-corrected chi connectivity index (χ4v) is 4.81. The molecular weight excluding hydrogens is 308 g/mol. The largest absolute Gasteiger partial charge is 0.264 e. The van der Waals surface area contributed by atoms with Crippen LogP contribution < -0.4 is 0 Å². The van der Waals surface area contributed by atoms with Gasteiger partial charge in [0.2, 0.25) is 10.0 Å². The maximum Gasteiger partial charge on any atom is 0.243 e. The van der Waals surface area contributed by atoms with Gasteiger partial charge in [-0.15, -0.1) is 0 Å². The standard InChI is InChI=1S/C18H22N2O2S/c1-14-6-8-17(9-7-14)23(21,22)20-10-4-3-5-18(20)16-11-15(2)12-19-13-16/h6-9,11-13,18H,3-5,10H2,1-2H3. The molecule has 122 valence electrons. The lowest BCUT2D eigenvalue weighted by atomic mass is 9.98. The van der Waals surface area contributed by atoms with Gasteiger partial charge in [0, 0.05) is 18.9 Å². The first-order valence-corrected chi connectivity index (χ1v) is 9.42. The highest BCUT2D eigenvalue weighted by Gasteiger charge is 2.34. The Balaban J connectivity index is 1.99. The normalized spacial score (nSPS) is 19.7. The van der Waals surface area contributed by atoms with Crippen LogP contribution >= 0.6 is 0 Å². The van der Waals surface area contributed by atoms with E-state index in [4.69, 9.17) is 0 Å². The lowest BCUT2D eigenvalue weighted by Gasteiger charge is -2.35. The van der Waals surface area contributed by atoms with Crippen LogP contribution in [0.2, 0.25) is 0 Å². The van der Waals surface area contributed by atoms with Crippen molar-refractivity contribution in [2.24, 2.45) is 0 Å². The van der Waals surface area contributed by atoms with Crippen molar-refractivity contribution in [1.82, 2.24) is 9.29 Å². The smallest absolute Gasteiger partial charge is 0.243 e. The van der Waals surface area contributed by atoms with E-state index in [9.17, 15) is 8.42 Å². The van der Waals surface area contributed by atoms with E-state index >= 15 is 0 Å². The van der Waals surface area contributed by atoms with Gasteiger partial charge in [0.1, 0.15) is 0 Å². The Morgan fingerprint density at radius 3 is 2.48 bits per heavy atom. The van der Waals surface area contributed by atoms with Gasteiger partial charge < -0.3 is 0 Å². The van der Waals surface area contributed by atoms with E-state index in [1.807, 2.05) is 32.0 Å². The summed E-state index contributed by atoms with van der Waals surface area (Å²) in [4.78, 5) is 4.61. The molecule has 1 aromatic heterocycles. The average molecular weight is 330 g/mol. The summed E-state index contributed by atoms with van der Waals surface area (Å²) in [5.41, 5.74) is 3.10. The van der Waals surface area contributed by atoms with E-state index in [-0.39, 0.29) is 6.04 Å². The Bertz CT molecular complexity index is 785. The predicted molar refractivity (Wildman–Crippen MR) is 90.6 cm³/mol. The molecule has 0 N–H and O–H groups in total. The highest BCUT2D eigenvalue weighted by molar-refractivity contribution is 7.89. The number of aryl methyl sites for hydroxylation is 2. The second kappa shape index (κ2) is 6.42. The van der Waals surface area contributed by atoms with Crippen molar-refractivity contribution in [2.75, 3.05) is 6.54 Å². The van der Waals surface area contributed by atoms with Crippen LogP contribution in [-0.2, 0) is 10.0 Å². The van der Waals surface area contributed by atoms with Crippen molar-refractivity contribution in [3.63, 3.8) is 0 Å². The number of aromatic nitrogens is 1. The topological polar surface area (TPSA) is 50.3 Å². The number of hydrogen-bond acceptors (Lipinski definition) is 3. The van der Waals surface area contributed by atoms with Crippen molar-refractivity contribution in [2.45, 2.75) is 44.0 Å². The molecule has 2 aromatic rings. The third kappa shape index (κ3) is 3.31. The molecule has 1 saturated heterocycles. The number of hydrogen-bond donors (Lipinski definition) is 0. The molecule has 1 aromatic carbocycles. The van der Waals surface area contributed by atoms with Crippen LogP contribution in [0.25, 0.3) is 0 Å². The molecule has 0 bridgehead atoms. The van der Waals surface area contributed by atoms with Gasteiger partial charge in [-0.05, 0) is 49.9 Å². The second-order valence-electron chi connectivity index (χ2n) is 6.24. The van der Waals surface area contributed by atoms with Crippen molar-refractivity contribution in [3.8, 4) is 0 Å². The molecule has 1 atom stereocenters. The van der Waals surface area contributed by atoms with Crippen molar-refractivity contribution in [3.05, 3.63) is 59.4 Å². The Labute approximate surface area is 138 Å². The van der Waals surface area contributed by atoms with Crippen LogP contribution in [0.1, 0.15) is 42.0 Å². The number of benzene rings is 1. The third-order valence-corrected chi connectivity index (χ3v) is 6.28. The third-order valence-electron chi connectivity index (χ3n) is 4.36. The zero-order valence-corrected chi connectivity index (χ0v) is 14.4. The van der Waals surface area contributed by atoms with Gasteiger partial charge in [-0.25, -0.2) is 8.42 Å². The van der Waals surface area contributed by atoms with Crippen molar-refractivity contribution in [1.29, 1.82) is 0 Å². The molecule has 2 heterocycles. The summed E-state index contributed by atoms with van der Waals surface area (Å²) >= 11 is 0. The minimum atomic E-state index is -3.48. The van der Waals surface area contributed by atoms with Crippen LogP contribution in [0.5, 0.6) is 0 Å². The maximum atomic E-state index is 13.1. The van der Waals surface area contributed by atoms with Crippen molar-refractivity contribution >= 4 is 10.0 Å². The van der Waals surface area contributed by atoms with Gasteiger partial charge in [-0.2, -0.15) is 4.31 Å². The lowest BCUT2D eigenvalue weighted by Crippen LogP contribution is -2.38. The molecule has 23 heavy (non-hydrogen) atoms. The summed E-state index contributed by atoms with van der Waals surface area (Å²) < 4.78 is 27.8. The van der Waals surface area contributed by atoms with Gasteiger partial charge in [0.15, 0.2) is 0 Å². The molecule has 1 aliphatic heterocycles. The maximum absolute atomic E-state index is 13.1. The molecule has 0 aliphatic carbocycles. The molecule has 1 unspecified atom stereocenters. The first-order chi connectivity index (χ1) is 11.0. The number of nitrogens with zero attached hydrogens (tertiary/aromatic N) is 2. The van der Waals surface area contributed by atoms with Crippen LogP contribution in [-0.4, -0.2) is 24.3 Å². The summed E-state index contributed by atoms with van der Waals surface area (Å²) in [6, 6.07) is 9.01. The molecule has 3 rings (SSSR count). The minimum absolute atomic E-state index is 0.123. The summed E-state index contributed by atoms with van der Waals surface area (Å²) in [6.45, 7) is 4.51. The fourth-order valence-electron chi connectivity index (χ4n) is 3.13. The number of pyridine rings is 1. The second-order valence-corrected chi connectivity index (χ2v) is 8.13. The minimum Gasteiger partial charge on any atom is -0.264 e. The zero-order valence-electron chi connectivity index (χ0n) is 13.6. The molecule has 0 radical (unpaired) electrons. The molecule has 5 heteroatoms. The molecule has 0 amide bonds. The molecule has 4 nitrogen and oxygen atoms in total. The number of piperidine rings is 1. The Morgan fingerprint density at radius 2 is 1.78 bits per heavy atom. The van der Waals surface area contributed by atoms with Gasteiger partial charge in [-0.3, -0.25) is 4.98 Å². The van der Waals surface area contributed by atoms with Gasteiger partial charge in [-0.1, -0.05) is 30.2 Å².